The molecule has 2 N–H and O–H groups in total. The molecule has 1 aromatic rings. The van der Waals surface area contributed by atoms with Gasteiger partial charge in [-0.25, -0.2) is 0 Å². The molecule has 0 unspecified atom stereocenters. The van der Waals surface area contributed by atoms with Gasteiger partial charge in [0.2, 0.25) is 0 Å². The smallest absolute Gasteiger partial charge is 0.0831 e. The zero-order valence-corrected chi connectivity index (χ0v) is 12.1. The number of pyridine rings is 1. The fraction of sp³-hybridized carbons (Fsp3) is 0.273. The van der Waals surface area contributed by atoms with Crippen LogP contribution >= 0.6 is 31.9 Å². The maximum absolute atomic E-state index is 7.39. The van der Waals surface area contributed by atoms with Crippen LogP contribution in [0, 0.1) is 5.41 Å². The SMILES string of the molecule is CCN/C(Br)=C(\C=N)Cc1ncccc1Br. The molecule has 0 atom stereocenters. The average molecular weight is 347 g/mol. The van der Waals surface area contributed by atoms with Crippen molar-refractivity contribution < 1.29 is 0 Å². The molecular formula is C11H13Br2N3. The highest BCUT2D eigenvalue weighted by Crippen LogP contribution is 2.18. The summed E-state index contributed by atoms with van der Waals surface area (Å²) in [5.41, 5.74) is 1.80. The highest BCUT2D eigenvalue weighted by atomic mass is 79.9. The zero-order chi connectivity index (χ0) is 12.0. The van der Waals surface area contributed by atoms with E-state index in [4.69, 9.17) is 5.41 Å². The summed E-state index contributed by atoms with van der Waals surface area (Å²) in [5.74, 6) is 0. The average Bonchev–Trinajstić information content (AvgIpc) is 2.28. The molecule has 0 saturated carbocycles. The Morgan fingerprint density at radius 2 is 2.38 bits per heavy atom. The topological polar surface area (TPSA) is 48.8 Å². The summed E-state index contributed by atoms with van der Waals surface area (Å²) < 4.78 is 1.81. The van der Waals surface area contributed by atoms with Crippen LogP contribution in [0.1, 0.15) is 12.6 Å². The van der Waals surface area contributed by atoms with Gasteiger partial charge in [-0.3, -0.25) is 4.98 Å². The Morgan fingerprint density at radius 3 is 2.94 bits per heavy atom. The molecule has 0 bridgehead atoms. The monoisotopic (exact) mass is 345 g/mol. The van der Waals surface area contributed by atoms with Gasteiger partial charge in [0.1, 0.15) is 0 Å². The lowest BCUT2D eigenvalue weighted by molar-refractivity contribution is 0.893. The van der Waals surface area contributed by atoms with E-state index >= 15 is 0 Å². The number of allylic oxidation sites excluding steroid dienone is 1. The third kappa shape index (κ3) is 3.72. The van der Waals surface area contributed by atoms with Gasteiger partial charge in [-0.05, 0) is 50.9 Å². The Morgan fingerprint density at radius 1 is 1.62 bits per heavy atom. The van der Waals surface area contributed by atoms with Crippen LogP contribution in [0.2, 0.25) is 0 Å². The van der Waals surface area contributed by atoms with Crippen molar-refractivity contribution in [2.75, 3.05) is 6.54 Å². The molecule has 0 saturated heterocycles. The second-order valence-electron chi connectivity index (χ2n) is 3.12. The van der Waals surface area contributed by atoms with E-state index in [9.17, 15) is 0 Å². The molecule has 16 heavy (non-hydrogen) atoms. The first-order chi connectivity index (χ1) is 7.69. The van der Waals surface area contributed by atoms with Gasteiger partial charge in [0.15, 0.2) is 0 Å². The summed E-state index contributed by atoms with van der Waals surface area (Å²) >= 11 is 6.87. The molecule has 1 heterocycles. The van der Waals surface area contributed by atoms with Gasteiger partial charge >= 0.3 is 0 Å². The second-order valence-corrected chi connectivity index (χ2v) is 4.77. The number of hydrogen-bond donors (Lipinski definition) is 2. The maximum Gasteiger partial charge on any atom is 0.0831 e. The summed E-state index contributed by atoms with van der Waals surface area (Å²) in [4.78, 5) is 4.28. The summed E-state index contributed by atoms with van der Waals surface area (Å²) in [5, 5.41) is 10.5. The molecule has 1 rings (SSSR count). The molecule has 0 aliphatic heterocycles. The largest absolute Gasteiger partial charge is 0.379 e. The minimum atomic E-state index is 0.624. The Hall–Kier alpha value is -0.680. The van der Waals surface area contributed by atoms with Gasteiger partial charge in [-0.2, -0.15) is 0 Å². The second kappa shape index (κ2) is 6.81. The first-order valence-electron chi connectivity index (χ1n) is 4.91. The van der Waals surface area contributed by atoms with Crippen molar-refractivity contribution in [3.63, 3.8) is 0 Å². The molecule has 86 valence electrons. The van der Waals surface area contributed by atoms with Crippen LogP contribution in [0.3, 0.4) is 0 Å². The van der Waals surface area contributed by atoms with Crippen molar-refractivity contribution in [3.8, 4) is 0 Å². The van der Waals surface area contributed by atoms with Crippen molar-refractivity contribution in [1.29, 1.82) is 5.41 Å². The Kier molecular flexibility index (Phi) is 5.69. The fourth-order valence-corrected chi connectivity index (χ4v) is 2.12. The van der Waals surface area contributed by atoms with Crippen LogP contribution in [-0.2, 0) is 6.42 Å². The van der Waals surface area contributed by atoms with Crippen molar-refractivity contribution in [2.24, 2.45) is 0 Å². The molecule has 0 amide bonds. The van der Waals surface area contributed by atoms with Gasteiger partial charge in [-0.15, -0.1) is 0 Å². The lowest BCUT2D eigenvalue weighted by atomic mass is 10.1. The molecule has 0 spiro atoms. The molecule has 0 aliphatic carbocycles. The van der Waals surface area contributed by atoms with Crippen molar-refractivity contribution in [2.45, 2.75) is 13.3 Å². The molecular weight excluding hydrogens is 334 g/mol. The summed E-state index contributed by atoms with van der Waals surface area (Å²) in [6, 6.07) is 3.83. The number of nitrogens with one attached hydrogen (secondary N) is 2. The van der Waals surface area contributed by atoms with Crippen LogP contribution in [0.25, 0.3) is 0 Å². The maximum atomic E-state index is 7.39. The molecule has 3 nitrogen and oxygen atoms in total. The molecule has 0 aliphatic rings. The first kappa shape index (κ1) is 13.4. The summed E-state index contributed by atoms with van der Waals surface area (Å²) in [6.07, 6.45) is 3.72. The molecule has 1 aromatic heterocycles. The van der Waals surface area contributed by atoms with E-state index in [1.54, 1.807) is 6.20 Å². The predicted molar refractivity (Wildman–Crippen MR) is 74.1 cm³/mol. The van der Waals surface area contributed by atoms with Crippen LogP contribution in [-0.4, -0.2) is 17.7 Å². The lowest BCUT2D eigenvalue weighted by Crippen LogP contribution is -2.12. The van der Waals surface area contributed by atoms with Gasteiger partial charge in [0.05, 0.1) is 10.3 Å². The summed E-state index contributed by atoms with van der Waals surface area (Å²) in [6.45, 7) is 2.83. The zero-order valence-electron chi connectivity index (χ0n) is 8.93. The van der Waals surface area contributed by atoms with E-state index in [2.05, 4.69) is 42.2 Å². The van der Waals surface area contributed by atoms with Crippen molar-refractivity contribution in [3.05, 3.63) is 38.7 Å². The Labute approximate surface area is 112 Å². The number of aromatic nitrogens is 1. The highest BCUT2D eigenvalue weighted by Gasteiger charge is 2.06. The Balaban J connectivity index is 2.90. The van der Waals surface area contributed by atoms with E-state index < -0.39 is 0 Å². The van der Waals surface area contributed by atoms with Gasteiger partial charge in [0.25, 0.3) is 0 Å². The first-order valence-corrected chi connectivity index (χ1v) is 6.50. The van der Waals surface area contributed by atoms with E-state index in [0.29, 0.717) is 6.42 Å². The van der Waals surface area contributed by atoms with E-state index in [1.165, 1.54) is 6.21 Å². The van der Waals surface area contributed by atoms with Gasteiger partial charge < -0.3 is 10.7 Å². The minimum absolute atomic E-state index is 0.624. The standard InChI is InChI=1S/C11H13Br2N3/c1-2-15-11(13)8(7-14)6-10-9(12)4-3-5-16-10/h3-5,7,14-15H,2,6H2,1H3/b11-8-,14-7?. The van der Waals surface area contributed by atoms with Crippen LogP contribution in [0.5, 0.6) is 0 Å². The van der Waals surface area contributed by atoms with Crippen LogP contribution in [0.15, 0.2) is 33.0 Å². The molecule has 5 heteroatoms. The van der Waals surface area contributed by atoms with E-state index in [-0.39, 0.29) is 0 Å². The third-order valence-electron chi connectivity index (χ3n) is 1.98. The lowest BCUT2D eigenvalue weighted by Gasteiger charge is -2.08. The van der Waals surface area contributed by atoms with Crippen molar-refractivity contribution in [1.82, 2.24) is 10.3 Å². The Bertz CT molecular complexity index is 402. The number of nitrogens with zero attached hydrogens (tertiary/aromatic N) is 1. The van der Waals surface area contributed by atoms with Crippen LogP contribution < -0.4 is 5.32 Å². The van der Waals surface area contributed by atoms with E-state index in [1.807, 2.05) is 19.1 Å². The normalized spacial score (nSPS) is 11.9. The number of rotatable bonds is 5. The number of halogens is 2. The van der Waals surface area contributed by atoms with Gasteiger partial charge in [-0.1, -0.05) is 0 Å². The third-order valence-corrected chi connectivity index (χ3v) is 3.49. The number of hydrogen-bond acceptors (Lipinski definition) is 3. The fourth-order valence-electron chi connectivity index (χ4n) is 1.19. The highest BCUT2D eigenvalue weighted by molar-refractivity contribution is 9.11. The predicted octanol–water partition coefficient (Wildman–Crippen LogP) is 3.25. The molecule has 0 aromatic carbocycles. The quantitative estimate of drug-likeness (QED) is 0.635. The van der Waals surface area contributed by atoms with E-state index in [0.717, 1.165) is 26.9 Å². The minimum Gasteiger partial charge on any atom is -0.379 e. The summed E-state index contributed by atoms with van der Waals surface area (Å²) in [7, 11) is 0. The van der Waals surface area contributed by atoms with Crippen LogP contribution in [0.4, 0.5) is 0 Å². The molecule has 0 fully saturated rings. The van der Waals surface area contributed by atoms with Crippen molar-refractivity contribution >= 4 is 38.1 Å². The molecule has 0 radical (unpaired) electrons. The van der Waals surface area contributed by atoms with Gasteiger partial charge in [0, 0.05) is 35.4 Å².